The van der Waals surface area contributed by atoms with E-state index >= 15 is 0 Å². The molecule has 0 bridgehead atoms. The summed E-state index contributed by atoms with van der Waals surface area (Å²) in [5.74, 6) is -0.839. The quantitative estimate of drug-likeness (QED) is 0.623. The lowest BCUT2D eigenvalue weighted by Crippen LogP contribution is -2.45. The third kappa shape index (κ3) is 3.44. The zero-order valence-electron chi connectivity index (χ0n) is 17.6. The van der Waals surface area contributed by atoms with Gasteiger partial charge in [-0.05, 0) is 53.8 Å². The van der Waals surface area contributed by atoms with Crippen LogP contribution in [0.5, 0.6) is 5.75 Å². The average molecular weight is 418 g/mol. The van der Waals surface area contributed by atoms with Crippen molar-refractivity contribution in [2.45, 2.75) is 25.9 Å². The van der Waals surface area contributed by atoms with E-state index < -0.39 is 23.3 Å². The highest BCUT2D eigenvalue weighted by atomic mass is 19.1. The van der Waals surface area contributed by atoms with Crippen LogP contribution in [0.3, 0.4) is 0 Å². The van der Waals surface area contributed by atoms with E-state index in [0.717, 1.165) is 16.0 Å². The minimum atomic E-state index is -1.35. The molecular formula is C25H23FN2O3. The molecule has 4 rings (SSSR count). The molecule has 0 radical (unpaired) electrons. The molecule has 3 aromatic carbocycles. The Bertz CT molecular complexity index is 1160. The highest BCUT2D eigenvalue weighted by Gasteiger charge is 2.53. The summed E-state index contributed by atoms with van der Waals surface area (Å²) in [7, 11) is 1.38. The zero-order valence-corrected chi connectivity index (χ0v) is 17.6. The van der Waals surface area contributed by atoms with Gasteiger partial charge in [-0.2, -0.15) is 0 Å². The van der Waals surface area contributed by atoms with E-state index in [4.69, 9.17) is 4.74 Å². The maximum Gasteiger partial charge on any atom is 0.325 e. The Morgan fingerprint density at radius 3 is 2.32 bits per heavy atom. The molecule has 1 saturated heterocycles. The van der Waals surface area contributed by atoms with Crippen molar-refractivity contribution in [3.05, 3.63) is 100 Å². The first-order chi connectivity index (χ1) is 14.9. The summed E-state index contributed by atoms with van der Waals surface area (Å²) in [6.07, 6.45) is 0. The van der Waals surface area contributed by atoms with Crippen molar-refractivity contribution < 1.29 is 18.7 Å². The number of rotatable bonds is 5. The third-order valence-corrected chi connectivity index (χ3v) is 5.81. The molecule has 3 amide bonds. The largest absolute Gasteiger partial charge is 0.494 e. The molecule has 1 aliphatic rings. The number of ether oxygens (including phenoxy) is 1. The molecule has 1 aliphatic heterocycles. The number of hydrogen-bond acceptors (Lipinski definition) is 3. The van der Waals surface area contributed by atoms with Crippen LogP contribution in [0.25, 0.3) is 0 Å². The molecule has 0 saturated carbocycles. The molecule has 31 heavy (non-hydrogen) atoms. The number of amides is 3. The Balaban J connectivity index is 1.78. The van der Waals surface area contributed by atoms with Gasteiger partial charge >= 0.3 is 6.03 Å². The fourth-order valence-electron chi connectivity index (χ4n) is 3.93. The van der Waals surface area contributed by atoms with Crippen molar-refractivity contribution in [2.24, 2.45) is 0 Å². The van der Waals surface area contributed by atoms with Crippen molar-refractivity contribution >= 4 is 11.9 Å². The van der Waals surface area contributed by atoms with Gasteiger partial charge in [0.25, 0.3) is 5.91 Å². The maximum absolute atomic E-state index is 14.2. The summed E-state index contributed by atoms with van der Waals surface area (Å²) in [6.45, 7) is 3.91. The van der Waals surface area contributed by atoms with E-state index in [2.05, 4.69) is 5.32 Å². The second kappa shape index (κ2) is 7.87. The predicted octanol–water partition coefficient (Wildman–Crippen LogP) is 4.45. The van der Waals surface area contributed by atoms with Gasteiger partial charge in [-0.25, -0.2) is 9.18 Å². The van der Waals surface area contributed by atoms with Crippen molar-refractivity contribution in [1.29, 1.82) is 0 Å². The Morgan fingerprint density at radius 2 is 1.68 bits per heavy atom. The molecule has 6 heteroatoms. The van der Waals surface area contributed by atoms with E-state index in [-0.39, 0.29) is 12.3 Å². The predicted molar refractivity (Wildman–Crippen MR) is 115 cm³/mol. The molecule has 1 atom stereocenters. The first-order valence-electron chi connectivity index (χ1n) is 9.96. The monoisotopic (exact) mass is 418 g/mol. The number of benzene rings is 3. The van der Waals surface area contributed by atoms with Gasteiger partial charge in [-0.3, -0.25) is 9.69 Å². The first-order valence-corrected chi connectivity index (χ1v) is 9.96. The molecule has 0 aliphatic carbocycles. The SMILES string of the molecule is COc1ccc(CN2C(=O)N[C@](c3ccccc3)(c3ccc(C)c(C)c3)C2=O)cc1F. The number of carbonyl (C=O) groups excluding carboxylic acids is 2. The molecule has 158 valence electrons. The Labute approximate surface area is 180 Å². The molecule has 0 spiro atoms. The summed E-state index contributed by atoms with van der Waals surface area (Å²) in [4.78, 5) is 27.9. The van der Waals surface area contributed by atoms with Gasteiger partial charge in [0.2, 0.25) is 0 Å². The van der Waals surface area contributed by atoms with Crippen LogP contribution in [0.2, 0.25) is 0 Å². The standard InChI is InChI=1S/C25H23FN2O3/c1-16-9-11-20(13-17(16)2)25(19-7-5-4-6-8-19)23(29)28(24(30)27-25)15-18-10-12-22(31-3)21(26)14-18/h4-14H,15H2,1-3H3,(H,27,30)/t25-/m1/s1. The summed E-state index contributed by atoms with van der Waals surface area (Å²) < 4.78 is 19.1. The normalized spacial score (nSPS) is 18.3. The second-order valence-electron chi connectivity index (χ2n) is 7.71. The van der Waals surface area contributed by atoms with Crippen LogP contribution in [-0.4, -0.2) is 23.9 Å². The number of halogens is 1. The number of aryl methyl sites for hydroxylation is 2. The lowest BCUT2D eigenvalue weighted by molar-refractivity contribution is -0.130. The Kier molecular flexibility index (Phi) is 5.23. The minimum absolute atomic E-state index is 0.0506. The van der Waals surface area contributed by atoms with Gasteiger partial charge in [0, 0.05) is 0 Å². The number of hydrogen-bond donors (Lipinski definition) is 1. The number of urea groups is 1. The zero-order chi connectivity index (χ0) is 22.2. The minimum Gasteiger partial charge on any atom is -0.494 e. The van der Waals surface area contributed by atoms with Crippen LogP contribution in [0.1, 0.15) is 27.8 Å². The maximum atomic E-state index is 14.2. The number of methoxy groups -OCH3 is 1. The van der Waals surface area contributed by atoms with Crippen LogP contribution < -0.4 is 10.1 Å². The Hall–Kier alpha value is -3.67. The van der Waals surface area contributed by atoms with Crippen LogP contribution in [0.15, 0.2) is 66.7 Å². The first kappa shape index (κ1) is 20.6. The van der Waals surface area contributed by atoms with Gasteiger partial charge in [-0.1, -0.05) is 54.6 Å². The van der Waals surface area contributed by atoms with Gasteiger partial charge in [0.1, 0.15) is 0 Å². The van der Waals surface area contributed by atoms with Crippen LogP contribution in [0.4, 0.5) is 9.18 Å². The van der Waals surface area contributed by atoms with Crippen LogP contribution in [0, 0.1) is 19.7 Å². The second-order valence-corrected chi connectivity index (χ2v) is 7.71. The van der Waals surface area contributed by atoms with E-state index in [1.165, 1.54) is 19.2 Å². The lowest BCUT2D eigenvalue weighted by atomic mass is 9.81. The molecule has 0 unspecified atom stereocenters. The molecular weight excluding hydrogens is 395 g/mol. The fraction of sp³-hybridized carbons (Fsp3) is 0.200. The van der Waals surface area contributed by atoms with Crippen molar-refractivity contribution in [3.8, 4) is 5.75 Å². The highest BCUT2D eigenvalue weighted by molar-refractivity contribution is 6.09. The molecule has 1 fully saturated rings. The van der Waals surface area contributed by atoms with Gasteiger partial charge in [-0.15, -0.1) is 0 Å². The summed E-state index contributed by atoms with van der Waals surface area (Å²) in [6, 6.07) is 18.8. The fourth-order valence-corrected chi connectivity index (χ4v) is 3.93. The molecule has 3 aromatic rings. The molecule has 0 aromatic heterocycles. The number of nitrogens with one attached hydrogen (secondary N) is 1. The van der Waals surface area contributed by atoms with Crippen molar-refractivity contribution in [3.63, 3.8) is 0 Å². The summed E-state index contributed by atoms with van der Waals surface area (Å²) >= 11 is 0. The lowest BCUT2D eigenvalue weighted by Gasteiger charge is -2.28. The number of carbonyl (C=O) groups is 2. The van der Waals surface area contributed by atoms with E-state index in [9.17, 15) is 14.0 Å². The van der Waals surface area contributed by atoms with E-state index in [1.807, 2.05) is 62.4 Å². The highest BCUT2D eigenvalue weighted by Crippen LogP contribution is 2.37. The van der Waals surface area contributed by atoms with Gasteiger partial charge in [0.05, 0.1) is 13.7 Å². The molecule has 1 heterocycles. The topological polar surface area (TPSA) is 58.6 Å². The van der Waals surface area contributed by atoms with Crippen molar-refractivity contribution in [2.75, 3.05) is 7.11 Å². The smallest absolute Gasteiger partial charge is 0.325 e. The van der Waals surface area contributed by atoms with Gasteiger partial charge in [0.15, 0.2) is 17.1 Å². The summed E-state index contributed by atoms with van der Waals surface area (Å²) in [5, 5.41) is 2.92. The average Bonchev–Trinajstić information content (AvgIpc) is 3.02. The van der Waals surface area contributed by atoms with E-state index in [1.54, 1.807) is 6.07 Å². The Morgan fingerprint density at radius 1 is 0.935 bits per heavy atom. The number of imide groups is 1. The van der Waals surface area contributed by atoms with Crippen LogP contribution >= 0.6 is 0 Å². The molecule has 5 nitrogen and oxygen atoms in total. The third-order valence-electron chi connectivity index (χ3n) is 5.81. The van der Waals surface area contributed by atoms with Crippen LogP contribution in [-0.2, 0) is 16.9 Å². The molecule has 1 N–H and O–H groups in total. The summed E-state index contributed by atoms with van der Waals surface area (Å²) in [5.41, 5.74) is 2.61. The van der Waals surface area contributed by atoms with E-state index in [0.29, 0.717) is 16.7 Å². The van der Waals surface area contributed by atoms with Crippen molar-refractivity contribution in [1.82, 2.24) is 10.2 Å². The van der Waals surface area contributed by atoms with Gasteiger partial charge < -0.3 is 10.1 Å². The number of nitrogens with zero attached hydrogens (tertiary/aromatic N) is 1.